The van der Waals surface area contributed by atoms with Crippen LogP contribution >= 0.6 is 11.6 Å². The Balaban J connectivity index is 1.85. The molecule has 0 radical (unpaired) electrons. The average molecular weight is 294 g/mol. The molecule has 0 aliphatic carbocycles. The molecular formula is C15H20ClN3O. The molecule has 5 heteroatoms. The summed E-state index contributed by atoms with van der Waals surface area (Å²) < 4.78 is 7.51. The zero-order chi connectivity index (χ0) is 14.4. The molecule has 0 aliphatic rings. The van der Waals surface area contributed by atoms with Gasteiger partial charge in [0.25, 0.3) is 0 Å². The minimum atomic E-state index is 0.457. The standard InChI is InChI=1S/C15H20ClN3O/c1-12(2)17-11-13-4-5-15(14(16)10-13)20-9-8-19-7-3-6-18-19/h3-7,10,12,17H,8-9,11H2,1-2H3. The fraction of sp³-hybridized carbons (Fsp3) is 0.400. The summed E-state index contributed by atoms with van der Waals surface area (Å²) in [7, 11) is 0. The van der Waals surface area contributed by atoms with Crippen molar-refractivity contribution in [2.75, 3.05) is 6.61 Å². The van der Waals surface area contributed by atoms with E-state index in [1.165, 1.54) is 0 Å². The van der Waals surface area contributed by atoms with E-state index in [-0.39, 0.29) is 0 Å². The molecule has 0 atom stereocenters. The van der Waals surface area contributed by atoms with Gasteiger partial charge in [0.05, 0.1) is 11.6 Å². The van der Waals surface area contributed by atoms with Crippen LogP contribution in [0.4, 0.5) is 0 Å². The Bertz CT molecular complexity index is 526. The highest BCUT2D eigenvalue weighted by molar-refractivity contribution is 6.32. The van der Waals surface area contributed by atoms with Crippen LogP contribution in [0.5, 0.6) is 5.75 Å². The highest BCUT2D eigenvalue weighted by Gasteiger charge is 2.04. The molecule has 0 amide bonds. The van der Waals surface area contributed by atoms with E-state index < -0.39 is 0 Å². The van der Waals surface area contributed by atoms with Gasteiger partial charge in [-0.1, -0.05) is 31.5 Å². The summed E-state index contributed by atoms with van der Waals surface area (Å²) in [4.78, 5) is 0. The summed E-state index contributed by atoms with van der Waals surface area (Å²) >= 11 is 6.23. The van der Waals surface area contributed by atoms with E-state index in [4.69, 9.17) is 16.3 Å². The van der Waals surface area contributed by atoms with E-state index in [1.807, 2.05) is 35.1 Å². The number of hydrogen-bond acceptors (Lipinski definition) is 3. The highest BCUT2D eigenvalue weighted by atomic mass is 35.5. The molecule has 0 spiro atoms. The molecule has 0 fully saturated rings. The summed E-state index contributed by atoms with van der Waals surface area (Å²) in [6.45, 7) is 6.30. The molecule has 0 bridgehead atoms. The maximum Gasteiger partial charge on any atom is 0.138 e. The van der Waals surface area contributed by atoms with Crippen LogP contribution in [0.2, 0.25) is 5.02 Å². The predicted octanol–water partition coefficient (Wildman–Crippen LogP) is 3.11. The molecule has 1 aromatic heterocycles. The van der Waals surface area contributed by atoms with Crippen molar-refractivity contribution >= 4 is 11.6 Å². The predicted molar refractivity (Wildman–Crippen MR) is 81.1 cm³/mol. The van der Waals surface area contributed by atoms with Crippen LogP contribution < -0.4 is 10.1 Å². The van der Waals surface area contributed by atoms with Crippen LogP contribution in [0.1, 0.15) is 19.4 Å². The fourth-order valence-corrected chi connectivity index (χ4v) is 2.03. The van der Waals surface area contributed by atoms with E-state index in [0.717, 1.165) is 12.1 Å². The van der Waals surface area contributed by atoms with Gasteiger partial charge in [0, 0.05) is 25.0 Å². The number of rotatable bonds is 7. The Morgan fingerprint density at radius 3 is 2.90 bits per heavy atom. The lowest BCUT2D eigenvalue weighted by Gasteiger charge is -2.11. The summed E-state index contributed by atoms with van der Waals surface area (Å²) in [5.74, 6) is 0.715. The van der Waals surface area contributed by atoms with Gasteiger partial charge in [-0.05, 0) is 23.8 Å². The van der Waals surface area contributed by atoms with Gasteiger partial charge < -0.3 is 10.1 Å². The number of aromatic nitrogens is 2. The van der Waals surface area contributed by atoms with Crippen LogP contribution in [0.3, 0.4) is 0 Å². The largest absolute Gasteiger partial charge is 0.490 e. The van der Waals surface area contributed by atoms with Crippen molar-refractivity contribution in [3.8, 4) is 5.75 Å². The zero-order valence-corrected chi connectivity index (χ0v) is 12.6. The minimum absolute atomic E-state index is 0.457. The highest BCUT2D eigenvalue weighted by Crippen LogP contribution is 2.25. The lowest BCUT2D eigenvalue weighted by molar-refractivity contribution is 0.291. The van der Waals surface area contributed by atoms with Gasteiger partial charge in [-0.15, -0.1) is 0 Å². The minimum Gasteiger partial charge on any atom is -0.490 e. The van der Waals surface area contributed by atoms with Gasteiger partial charge in [0.1, 0.15) is 12.4 Å². The second-order valence-corrected chi connectivity index (χ2v) is 5.33. The van der Waals surface area contributed by atoms with E-state index in [2.05, 4.69) is 24.3 Å². The van der Waals surface area contributed by atoms with Crippen molar-refractivity contribution in [3.05, 3.63) is 47.2 Å². The molecule has 0 saturated carbocycles. The molecule has 1 aromatic carbocycles. The van der Waals surface area contributed by atoms with Gasteiger partial charge in [-0.3, -0.25) is 4.68 Å². The molecule has 1 N–H and O–H groups in total. The van der Waals surface area contributed by atoms with Crippen LogP contribution in [0.25, 0.3) is 0 Å². The Morgan fingerprint density at radius 1 is 1.40 bits per heavy atom. The zero-order valence-electron chi connectivity index (χ0n) is 11.8. The van der Waals surface area contributed by atoms with E-state index in [9.17, 15) is 0 Å². The van der Waals surface area contributed by atoms with Crippen molar-refractivity contribution in [1.82, 2.24) is 15.1 Å². The lowest BCUT2D eigenvalue weighted by atomic mass is 10.2. The summed E-state index contributed by atoms with van der Waals surface area (Å²) in [5.41, 5.74) is 1.16. The summed E-state index contributed by atoms with van der Waals surface area (Å²) in [5, 5.41) is 8.13. The van der Waals surface area contributed by atoms with Gasteiger partial charge >= 0.3 is 0 Å². The topological polar surface area (TPSA) is 39.1 Å². The third-order valence-corrected chi connectivity index (χ3v) is 3.14. The molecule has 20 heavy (non-hydrogen) atoms. The van der Waals surface area contributed by atoms with Crippen LogP contribution in [-0.4, -0.2) is 22.4 Å². The number of nitrogens with zero attached hydrogens (tertiary/aromatic N) is 2. The maximum atomic E-state index is 6.23. The van der Waals surface area contributed by atoms with E-state index in [0.29, 0.717) is 30.0 Å². The molecule has 1 heterocycles. The lowest BCUT2D eigenvalue weighted by Crippen LogP contribution is -2.21. The first-order valence-electron chi connectivity index (χ1n) is 6.77. The number of benzene rings is 1. The third-order valence-electron chi connectivity index (χ3n) is 2.85. The van der Waals surface area contributed by atoms with Crippen LogP contribution in [0, 0.1) is 0 Å². The molecule has 0 unspecified atom stereocenters. The number of ether oxygens (including phenoxy) is 1. The monoisotopic (exact) mass is 293 g/mol. The van der Waals surface area contributed by atoms with Crippen molar-refractivity contribution in [2.45, 2.75) is 33.0 Å². The maximum absolute atomic E-state index is 6.23. The molecule has 4 nitrogen and oxygen atoms in total. The molecule has 2 aromatic rings. The van der Waals surface area contributed by atoms with Crippen molar-refractivity contribution < 1.29 is 4.74 Å². The molecule has 0 saturated heterocycles. The van der Waals surface area contributed by atoms with Gasteiger partial charge in [0.15, 0.2) is 0 Å². The normalized spacial score (nSPS) is 11.0. The van der Waals surface area contributed by atoms with Gasteiger partial charge in [-0.2, -0.15) is 5.10 Å². The molecule has 0 aliphatic heterocycles. The summed E-state index contributed by atoms with van der Waals surface area (Å²) in [6, 6.07) is 8.25. The van der Waals surface area contributed by atoms with Crippen molar-refractivity contribution in [2.24, 2.45) is 0 Å². The van der Waals surface area contributed by atoms with Crippen molar-refractivity contribution in [1.29, 1.82) is 0 Å². The van der Waals surface area contributed by atoms with Crippen LogP contribution in [0.15, 0.2) is 36.7 Å². The fourth-order valence-electron chi connectivity index (χ4n) is 1.78. The Morgan fingerprint density at radius 2 is 2.25 bits per heavy atom. The third kappa shape index (κ3) is 4.54. The Labute approximate surface area is 124 Å². The smallest absolute Gasteiger partial charge is 0.138 e. The van der Waals surface area contributed by atoms with E-state index >= 15 is 0 Å². The molecule has 2 rings (SSSR count). The number of halogens is 1. The van der Waals surface area contributed by atoms with Gasteiger partial charge in [0.2, 0.25) is 0 Å². The molecular weight excluding hydrogens is 274 g/mol. The quantitative estimate of drug-likeness (QED) is 0.852. The number of hydrogen-bond donors (Lipinski definition) is 1. The number of nitrogens with one attached hydrogen (secondary N) is 1. The average Bonchev–Trinajstić information content (AvgIpc) is 2.92. The molecule has 108 valence electrons. The Hall–Kier alpha value is -1.52. The second-order valence-electron chi connectivity index (χ2n) is 4.92. The first kappa shape index (κ1) is 14.9. The van der Waals surface area contributed by atoms with Crippen LogP contribution in [-0.2, 0) is 13.1 Å². The van der Waals surface area contributed by atoms with Crippen molar-refractivity contribution in [3.63, 3.8) is 0 Å². The first-order chi connectivity index (χ1) is 9.65. The second kappa shape index (κ2) is 7.31. The SMILES string of the molecule is CC(C)NCc1ccc(OCCn2cccn2)c(Cl)c1. The first-order valence-corrected chi connectivity index (χ1v) is 7.15. The Kier molecular flexibility index (Phi) is 5.44. The summed E-state index contributed by atoms with van der Waals surface area (Å²) in [6.07, 6.45) is 3.66. The van der Waals surface area contributed by atoms with E-state index in [1.54, 1.807) is 6.20 Å². The van der Waals surface area contributed by atoms with Gasteiger partial charge in [-0.25, -0.2) is 0 Å².